The number of halogens is 1. The Hall–Kier alpha value is -1.67. The number of nitrogens with one attached hydrogen (secondary N) is 1. The molecule has 1 N–H and O–H groups in total. The molecule has 130 valence electrons. The van der Waals surface area contributed by atoms with Gasteiger partial charge in [0.1, 0.15) is 5.75 Å². The van der Waals surface area contributed by atoms with Crippen LogP contribution in [-0.2, 0) is 0 Å². The highest BCUT2D eigenvalue weighted by Gasteiger charge is 2.15. The summed E-state index contributed by atoms with van der Waals surface area (Å²) >= 11 is 7.59. The van der Waals surface area contributed by atoms with Crippen LogP contribution < -0.4 is 10.1 Å². The van der Waals surface area contributed by atoms with Gasteiger partial charge in [-0.15, -0.1) is 0 Å². The van der Waals surface area contributed by atoms with Gasteiger partial charge in [-0.2, -0.15) is 0 Å². The number of nitrogens with zero attached hydrogens (tertiary/aromatic N) is 1. The van der Waals surface area contributed by atoms with Crippen LogP contribution in [0.4, 0.5) is 5.69 Å². The summed E-state index contributed by atoms with van der Waals surface area (Å²) < 4.78 is 6.87. The number of hydrogen-bond acceptors (Lipinski definition) is 3. The van der Waals surface area contributed by atoms with Crippen molar-refractivity contribution in [1.82, 2.24) is 4.90 Å². The molecule has 0 spiro atoms. The first-order chi connectivity index (χ1) is 12.1. The van der Waals surface area contributed by atoms with Crippen molar-refractivity contribution in [2.75, 3.05) is 18.4 Å². The van der Waals surface area contributed by atoms with Crippen molar-refractivity contribution in [3.8, 4) is 5.75 Å². The second-order valence-electron chi connectivity index (χ2n) is 5.90. The van der Waals surface area contributed by atoms with Crippen molar-refractivity contribution in [3.05, 3.63) is 57.7 Å². The molecular formula is C19H19IN2O2S. The summed E-state index contributed by atoms with van der Waals surface area (Å²) in [6.45, 7) is 1.91. The van der Waals surface area contributed by atoms with E-state index in [9.17, 15) is 4.79 Å². The number of amides is 1. The molecule has 1 heterocycles. The summed E-state index contributed by atoms with van der Waals surface area (Å²) in [5.41, 5.74) is 1.35. The number of carbonyl (C=O) groups is 1. The van der Waals surface area contributed by atoms with E-state index in [1.807, 2.05) is 24.3 Å². The number of thiocarbonyl (C=S) groups is 1. The smallest absolute Gasteiger partial charge is 0.264 e. The maximum Gasteiger partial charge on any atom is 0.264 e. The van der Waals surface area contributed by atoms with Gasteiger partial charge in [-0.1, -0.05) is 0 Å². The van der Waals surface area contributed by atoms with Gasteiger partial charge in [0, 0.05) is 27.9 Å². The fourth-order valence-corrected chi connectivity index (χ4v) is 3.29. The van der Waals surface area contributed by atoms with E-state index in [1.54, 1.807) is 24.3 Å². The van der Waals surface area contributed by atoms with Gasteiger partial charge >= 0.3 is 0 Å². The van der Waals surface area contributed by atoms with E-state index in [0.717, 1.165) is 35.2 Å². The van der Waals surface area contributed by atoms with E-state index in [4.69, 9.17) is 17.0 Å². The molecule has 0 aliphatic carbocycles. The second kappa shape index (κ2) is 8.62. The molecule has 0 unspecified atom stereocenters. The molecule has 3 rings (SSSR count). The number of rotatable bonds is 3. The van der Waals surface area contributed by atoms with Crippen molar-refractivity contribution >= 4 is 51.6 Å². The van der Waals surface area contributed by atoms with Crippen LogP contribution in [0, 0.1) is 3.57 Å². The third kappa shape index (κ3) is 5.15. The Morgan fingerprint density at radius 3 is 2.28 bits per heavy atom. The van der Waals surface area contributed by atoms with Crippen LogP contribution in [0.15, 0.2) is 48.5 Å². The predicted octanol–water partition coefficient (Wildman–Crippen LogP) is 4.69. The lowest BCUT2D eigenvalue weighted by atomic mass is 10.1. The Balaban J connectivity index is 1.58. The average Bonchev–Trinajstić information content (AvgIpc) is 2.65. The molecule has 1 aliphatic rings. The topological polar surface area (TPSA) is 41.6 Å². The van der Waals surface area contributed by atoms with Gasteiger partial charge in [-0.3, -0.25) is 4.79 Å². The lowest BCUT2D eigenvalue weighted by Crippen LogP contribution is -2.37. The summed E-state index contributed by atoms with van der Waals surface area (Å²) in [5, 5.41) is 3.39. The lowest BCUT2D eigenvalue weighted by molar-refractivity contribution is 0.102. The molecule has 0 radical (unpaired) electrons. The summed E-state index contributed by atoms with van der Waals surface area (Å²) in [7, 11) is 0. The minimum absolute atomic E-state index is 0.147. The van der Waals surface area contributed by atoms with Crippen LogP contribution in [0.1, 0.15) is 29.6 Å². The zero-order chi connectivity index (χ0) is 17.6. The minimum atomic E-state index is -0.147. The third-order valence-corrected chi connectivity index (χ3v) is 5.10. The van der Waals surface area contributed by atoms with Gasteiger partial charge < -0.3 is 15.0 Å². The fourth-order valence-electron chi connectivity index (χ4n) is 2.65. The Labute approximate surface area is 166 Å². The maximum atomic E-state index is 12.3. The van der Waals surface area contributed by atoms with Gasteiger partial charge in [0.25, 0.3) is 11.1 Å². The van der Waals surface area contributed by atoms with Crippen LogP contribution in [-0.4, -0.2) is 29.1 Å². The maximum absolute atomic E-state index is 12.3. The molecule has 2 aromatic rings. The van der Waals surface area contributed by atoms with Crippen LogP contribution in [0.25, 0.3) is 0 Å². The Morgan fingerprint density at radius 2 is 1.64 bits per heavy atom. The lowest BCUT2D eigenvalue weighted by Gasteiger charge is -2.28. The number of anilines is 1. The summed E-state index contributed by atoms with van der Waals surface area (Å²) in [6, 6.07) is 14.7. The molecule has 4 nitrogen and oxygen atoms in total. The molecule has 1 saturated heterocycles. The van der Waals surface area contributed by atoms with Crippen molar-refractivity contribution in [1.29, 1.82) is 0 Å². The highest BCUT2D eigenvalue weighted by Crippen LogP contribution is 2.17. The highest BCUT2D eigenvalue weighted by molar-refractivity contribution is 14.1. The molecule has 0 bridgehead atoms. The first-order valence-corrected chi connectivity index (χ1v) is 9.74. The van der Waals surface area contributed by atoms with E-state index in [0.29, 0.717) is 16.5 Å². The predicted molar refractivity (Wildman–Crippen MR) is 112 cm³/mol. The van der Waals surface area contributed by atoms with Gasteiger partial charge in [0.2, 0.25) is 0 Å². The normalized spacial score (nSPS) is 14.0. The minimum Gasteiger partial charge on any atom is -0.432 e. The van der Waals surface area contributed by atoms with Crippen molar-refractivity contribution in [3.63, 3.8) is 0 Å². The summed E-state index contributed by atoms with van der Waals surface area (Å²) in [6.07, 6.45) is 3.56. The molecular weight excluding hydrogens is 447 g/mol. The van der Waals surface area contributed by atoms with Crippen LogP contribution in [0.5, 0.6) is 5.75 Å². The summed E-state index contributed by atoms with van der Waals surface area (Å²) in [5.74, 6) is 0.507. The number of carbonyl (C=O) groups excluding carboxylic acids is 1. The molecule has 1 fully saturated rings. The van der Waals surface area contributed by atoms with Crippen molar-refractivity contribution in [2.24, 2.45) is 0 Å². The van der Waals surface area contributed by atoms with Gasteiger partial charge in [0.15, 0.2) is 0 Å². The SMILES string of the molecule is O=C(Nc1ccc(I)cc1)c1ccc(OC(=S)N2CCCCC2)cc1. The van der Waals surface area contributed by atoms with Gasteiger partial charge in [0.05, 0.1) is 0 Å². The first-order valence-electron chi connectivity index (χ1n) is 8.25. The monoisotopic (exact) mass is 466 g/mol. The third-order valence-electron chi connectivity index (χ3n) is 4.04. The fraction of sp³-hybridized carbons (Fsp3) is 0.263. The number of hydrogen-bond donors (Lipinski definition) is 1. The number of piperidine rings is 1. The van der Waals surface area contributed by atoms with E-state index in [-0.39, 0.29) is 5.91 Å². The molecule has 1 amide bonds. The van der Waals surface area contributed by atoms with Crippen molar-refractivity contribution < 1.29 is 9.53 Å². The van der Waals surface area contributed by atoms with Crippen LogP contribution >= 0.6 is 34.8 Å². The standard InChI is InChI=1S/C19H19IN2O2S/c20-15-6-8-16(9-7-15)21-18(23)14-4-10-17(11-5-14)24-19(25)22-12-2-1-3-13-22/h4-11H,1-3,12-13H2,(H,21,23). The molecule has 0 atom stereocenters. The van der Waals surface area contributed by atoms with Gasteiger partial charge in [-0.25, -0.2) is 0 Å². The molecule has 2 aromatic carbocycles. The van der Waals surface area contributed by atoms with E-state index in [1.165, 1.54) is 6.42 Å². The second-order valence-corrected chi connectivity index (χ2v) is 7.50. The van der Waals surface area contributed by atoms with E-state index >= 15 is 0 Å². The quantitative estimate of drug-likeness (QED) is 0.527. The molecule has 6 heteroatoms. The van der Waals surface area contributed by atoms with E-state index < -0.39 is 0 Å². The average molecular weight is 466 g/mol. The van der Waals surface area contributed by atoms with Crippen molar-refractivity contribution in [2.45, 2.75) is 19.3 Å². The van der Waals surface area contributed by atoms with Gasteiger partial charge in [-0.05, 0) is 103 Å². The first kappa shape index (κ1) is 18.1. The van der Waals surface area contributed by atoms with E-state index in [2.05, 4.69) is 32.8 Å². The number of ether oxygens (including phenoxy) is 1. The Kier molecular flexibility index (Phi) is 6.25. The summed E-state index contributed by atoms with van der Waals surface area (Å²) in [4.78, 5) is 14.4. The van der Waals surface area contributed by atoms with Crippen LogP contribution in [0.2, 0.25) is 0 Å². The molecule has 0 saturated carbocycles. The zero-order valence-electron chi connectivity index (χ0n) is 13.7. The zero-order valence-corrected chi connectivity index (χ0v) is 16.7. The molecule has 0 aromatic heterocycles. The number of benzene rings is 2. The number of likely N-dealkylation sites (tertiary alicyclic amines) is 1. The molecule has 25 heavy (non-hydrogen) atoms. The molecule has 1 aliphatic heterocycles. The largest absolute Gasteiger partial charge is 0.432 e. The Morgan fingerprint density at radius 1 is 1.00 bits per heavy atom. The Bertz CT molecular complexity index is 741. The highest BCUT2D eigenvalue weighted by atomic mass is 127. The van der Waals surface area contributed by atoms with Crippen LogP contribution in [0.3, 0.4) is 0 Å².